The lowest BCUT2D eigenvalue weighted by Gasteiger charge is -2.16. The van der Waals surface area contributed by atoms with Crippen LogP contribution in [-0.4, -0.2) is 18.9 Å². The number of Topliss-reactive ketones (excluding diaryl/α,β-unsaturated/α-hetero) is 1. The Morgan fingerprint density at radius 3 is 2.69 bits per heavy atom. The Bertz CT molecular complexity index is 419. The molecule has 1 heterocycles. The Morgan fingerprint density at radius 1 is 1.31 bits per heavy atom. The summed E-state index contributed by atoms with van der Waals surface area (Å²) >= 11 is 11.9. The van der Waals surface area contributed by atoms with Gasteiger partial charge in [-0.25, -0.2) is 0 Å². The van der Waals surface area contributed by atoms with Gasteiger partial charge in [-0.3, -0.25) is 4.79 Å². The van der Waals surface area contributed by atoms with Crippen LogP contribution in [0.2, 0.25) is 10.0 Å². The first-order valence-corrected chi connectivity index (χ1v) is 6.01. The second-order valence-electron chi connectivity index (χ2n) is 4.16. The molecule has 1 saturated heterocycles. The molecular formula is C12H13Cl2NO. The summed E-state index contributed by atoms with van der Waals surface area (Å²) < 4.78 is 0. The summed E-state index contributed by atoms with van der Waals surface area (Å²) in [6, 6.07) is 5.59. The van der Waals surface area contributed by atoms with E-state index in [9.17, 15) is 4.79 Å². The quantitative estimate of drug-likeness (QED) is 0.883. The van der Waals surface area contributed by atoms with Gasteiger partial charge < -0.3 is 5.32 Å². The van der Waals surface area contributed by atoms with Crippen molar-refractivity contribution in [3.63, 3.8) is 0 Å². The van der Waals surface area contributed by atoms with Crippen LogP contribution in [0, 0.1) is 5.92 Å². The number of nitrogens with one attached hydrogen (secondary N) is 1. The van der Waals surface area contributed by atoms with Crippen molar-refractivity contribution in [3.05, 3.63) is 33.8 Å². The largest absolute Gasteiger partial charge is 0.315 e. The summed E-state index contributed by atoms with van der Waals surface area (Å²) in [7, 11) is 0. The first-order valence-electron chi connectivity index (χ1n) is 5.25. The number of carbonyl (C=O) groups excluding carboxylic acids is 1. The average molecular weight is 258 g/mol. The molecule has 0 unspecified atom stereocenters. The maximum atomic E-state index is 11.5. The zero-order valence-electron chi connectivity index (χ0n) is 8.97. The van der Waals surface area contributed by atoms with Gasteiger partial charge in [-0.2, -0.15) is 0 Å². The van der Waals surface area contributed by atoms with Crippen molar-refractivity contribution in [2.75, 3.05) is 13.1 Å². The Hall–Kier alpha value is -0.570. The van der Waals surface area contributed by atoms with E-state index in [-0.39, 0.29) is 17.6 Å². The van der Waals surface area contributed by atoms with E-state index in [1.165, 1.54) is 0 Å². The lowest BCUT2D eigenvalue weighted by atomic mass is 9.87. The second-order valence-corrected chi connectivity index (χ2v) is 4.97. The van der Waals surface area contributed by atoms with Gasteiger partial charge in [-0.15, -0.1) is 0 Å². The summed E-state index contributed by atoms with van der Waals surface area (Å²) in [6.07, 6.45) is 0. The van der Waals surface area contributed by atoms with Crippen LogP contribution in [0.5, 0.6) is 0 Å². The molecule has 4 heteroatoms. The van der Waals surface area contributed by atoms with Gasteiger partial charge >= 0.3 is 0 Å². The lowest BCUT2D eigenvalue weighted by molar-refractivity contribution is -0.120. The van der Waals surface area contributed by atoms with Gasteiger partial charge in [0, 0.05) is 24.9 Å². The third-order valence-electron chi connectivity index (χ3n) is 3.11. The molecule has 2 atom stereocenters. The molecule has 1 N–H and O–H groups in total. The lowest BCUT2D eigenvalue weighted by Crippen LogP contribution is -2.18. The summed E-state index contributed by atoms with van der Waals surface area (Å²) in [4.78, 5) is 11.5. The third kappa shape index (κ3) is 2.24. The topological polar surface area (TPSA) is 29.1 Å². The summed E-state index contributed by atoms with van der Waals surface area (Å²) in [5, 5.41) is 4.34. The van der Waals surface area contributed by atoms with Crippen molar-refractivity contribution >= 4 is 29.0 Å². The average Bonchev–Trinajstić information content (AvgIpc) is 2.71. The van der Waals surface area contributed by atoms with Gasteiger partial charge in [0.2, 0.25) is 0 Å². The SMILES string of the molecule is CC(=O)[C@@H]1CNC[C@H]1c1ccc(Cl)c(Cl)c1. The van der Waals surface area contributed by atoms with Crippen molar-refractivity contribution in [1.82, 2.24) is 5.32 Å². The van der Waals surface area contributed by atoms with Gasteiger partial charge in [0.15, 0.2) is 0 Å². The normalized spacial score (nSPS) is 24.7. The molecule has 0 aromatic heterocycles. The van der Waals surface area contributed by atoms with Crippen molar-refractivity contribution in [2.45, 2.75) is 12.8 Å². The van der Waals surface area contributed by atoms with Gasteiger partial charge in [-0.1, -0.05) is 29.3 Å². The van der Waals surface area contributed by atoms with E-state index >= 15 is 0 Å². The van der Waals surface area contributed by atoms with E-state index in [4.69, 9.17) is 23.2 Å². The molecule has 0 amide bonds. The van der Waals surface area contributed by atoms with Crippen molar-refractivity contribution in [1.29, 1.82) is 0 Å². The van der Waals surface area contributed by atoms with Crippen LogP contribution in [-0.2, 0) is 4.79 Å². The van der Waals surface area contributed by atoms with E-state index in [1.54, 1.807) is 13.0 Å². The highest BCUT2D eigenvalue weighted by molar-refractivity contribution is 6.42. The Balaban J connectivity index is 2.29. The zero-order valence-corrected chi connectivity index (χ0v) is 10.5. The van der Waals surface area contributed by atoms with Crippen molar-refractivity contribution < 1.29 is 4.79 Å². The minimum absolute atomic E-state index is 0.0530. The number of benzene rings is 1. The van der Waals surface area contributed by atoms with E-state index in [2.05, 4.69) is 5.32 Å². The molecule has 1 aliphatic heterocycles. The number of ketones is 1. The number of rotatable bonds is 2. The molecular weight excluding hydrogens is 245 g/mol. The van der Waals surface area contributed by atoms with Crippen LogP contribution in [0.1, 0.15) is 18.4 Å². The molecule has 1 fully saturated rings. The maximum absolute atomic E-state index is 11.5. The summed E-state index contributed by atoms with van der Waals surface area (Å²) in [5.74, 6) is 0.491. The fourth-order valence-electron chi connectivity index (χ4n) is 2.20. The van der Waals surface area contributed by atoms with Crippen LogP contribution in [0.15, 0.2) is 18.2 Å². The number of carbonyl (C=O) groups is 1. The Kier molecular flexibility index (Phi) is 3.53. The Labute approximate surface area is 105 Å². The minimum atomic E-state index is 0.0530. The molecule has 2 nitrogen and oxygen atoms in total. The first kappa shape index (κ1) is 11.9. The van der Waals surface area contributed by atoms with E-state index in [0.29, 0.717) is 10.0 Å². The highest BCUT2D eigenvalue weighted by Crippen LogP contribution is 2.32. The number of hydrogen-bond acceptors (Lipinski definition) is 2. The molecule has 16 heavy (non-hydrogen) atoms. The fraction of sp³-hybridized carbons (Fsp3) is 0.417. The second kappa shape index (κ2) is 4.74. The standard InChI is InChI=1S/C12H13Cl2NO/c1-7(16)9-5-15-6-10(9)8-2-3-11(13)12(14)4-8/h2-4,9-10,15H,5-6H2,1H3/t9-,10-/m0/s1. The van der Waals surface area contributed by atoms with Crippen LogP contribution < -0.4 is 5.32 Å². The monoisotopic (exact) mass is 257 g/mol. The fourth-order valence-corrected chi connectivity index (χ4v) is 2.51. The van der Waals surface area contributed by atoms with Crippen molar-refractivity contribution in [3.8, 4) is 0 Å². The van der Waals surface area contributed by atoms with Gasteiger partial charge in [0.05, 0.1) is 10.0 Å². The van der Waals surface area contributed by atoms with E-state index in [1.807, 2.05) is 12.1 Å². The molecule has 0 saturated carbocycles. The predicted octanol–water partition coefficient (Wildman–Crippen LogP) is 2.89. The van der Waals surface area contributed by atoms with E-state index < -0.39 is 0 Å². The summed E-state index contributed by atoms with van der Waals surface area (Å²) in [5.41, 5.74) is 1.08. The molecule has 1 aromatic rings. The van der Waals surface area contributed by atoms with Crippen LogP contribution >= 0.6 is 23.2 Å². The Morgan fingerprint density at radius 2 is 2.06 bits per heavy atom. The predicted molar refractivity (Wildman–Crippen MR) is 66.2 cm³/mol. The molecule has 1 aliphatic rings. The smallest absolute Gasteiger partial charge is 0.134 e. The number of hydrogen-bond donors (Lipinski definition) is 1. The molecule has 1 aromatic carbocycles. The number of halogens is 2. The summed E-state index contributed by atoms with van der Waals surface area (Å²) in [6.45, 7) is 3.21. The molecule has 2 rings (SSSR count). The third-order valence-corrected chi connectivity index (χ3v) is 3.85. The molecule has 0 spiro atoms. The molecule has 86 valence electrons. The first-order chi connectivity index (χ1) is 7.59. The maximum Gasteiger partial charge on any atom is 0.134 e. The molecule has 0 radical (unpaired) electrons. The molecule has 0 bridgehead atoms. The van der Waals surface area contributed by atoms with Gasteiger partial charge in [0.25, 0.3) is 0 Å². The van der Waals surface area contributed by atoms with Crippen LogP contribution in [0.25, 0.3) is 0 Å². The van der Waals surface area contributed by atoms with Crippen LogP contribution in [0.3, 0.4) is 0 Å². The van der Waals surface area contributed by atoms with Crippen molar-refractivity contribution in [2.24, 2.45) is 5.92 Å². The minimum Gasteiger partial charge on any atom is -0.315 e. The van der Waals surface area contributed by atoms with Gasteiger partial charge in [0.1, 0.15) is 5.78 Å². The van der Waals surface area contributed by atoms with Gasteiger partial charge in [-0.05, 0) is 24.6 Å². The highest BCUT2D eigenvalue weighted by atomic mass is 35.5. The highest BCUT2D eigenvalue weighted by Gasteiger charge is 2.31. The van der Waals surface area contributed by atoms with E-state index in [0.717, 1.165) is 18.7 Å². The molecule has 0 aliphatic carbocycles. The van der Waals surface area contributed by atoms with Crippen LogP contribution in [0.4, 0.5) is 0 Å². The zero-order chi connectivity index (χ0) is 11.7.